The maximum absolute atomic E-state index is 5.59. The summed E-state index contributed by atoms with van der Waals surface area (Å²) in [6.45, 7) is 5.77. The second-order valence-corrected chi connectivity index (χ2v) is 10.2. The van der Waals surface area contributed by atoms with Crippen LogP contribution in [0.3, 0.4) is 0 Å². The molecule has 3 atom stereocenters. The van der Waals surface area contributed by atoms with E-state index in [1.165, 1.54) is 28.1 Å². The number of thiazole rings is 1. The standard InChI is InChI=1S/C21H25N2OPS.Tl/c1-13-8-16(9-14(2)23(13)12-15-6-4-3-5-7-15)21-22-20-18(25)10-17(24)11-19(20)26-21;/h3-7,10-11,13-14,16,24H,8-9,12,25H2,1-2H3;/q;+1/p-1. The van der Waals surface area contributed by atoms with Gasteiger partial charge in [-0.2, -0.15) is 0 Å². The molecule has 6 heteroatoms. The number of fused-ring (bicyclic) bond motifs is 1. The van der Waals surface area contributed by atoms with Crippen molar-refractivity contribution in [2.45, 2.75) is 51.2 Å². The van der Waals surface area contributed by atoms with E-state index in [9.17, 15) is 0 Å². The van der Waals surface area contributed by atoms with E-state index >= 15 is 0 Å². The van der Waals surface area contributed by atoms with Gasteiger partial charge in [-0.15, -0.1) is 0 Å². The zero-order chi connectivity index (χ0) is 19.0. The van der Waals surface area contributed by atoms with E-state index in [0.29, 0.717) is 44.2 Å². The fourth-order valence-electron chi connectivity index (χ4n) is 4.22. The van der Waals surface area contributed by atoms with Gasteiger partial charge in [-0.25, -0.2) is 0 Å². The number of aromatic nitrogens is 1. The minimum atomic E-state index is 0.514. The third-order valence-corrected chi connectivity index (χ3v) is 8.25. The molecule has 1 aromatic heterocycles. The van der Waals surface area contributed by atoms with E-state index < -0.39 is 0 Å². The number of hydrogen-bond acceptors (Lipinski definition) is 4. The van der Waals surface area contributed by atoms with Gasteiger partial charge in [0.1, 0.15) is 0 Å². The third-order valence-electron chi connectivity index (χ3n) is 5.59. The normalized spacial score (nSPS) is 23.6. The van der Waals surface area contributed by atoms with Crippen molar-refractivity contribution < 1.29 is 2.69 Å². The predicted molar refractivity (Wildman–Crippen MR) is 118 cm³/mol. The Morgan fingerprint density at radius 1 is 1.19 bits per heavy atom. The van der Waals surface area contributed by atoms with Crippen molar-refractivity contribution in [3.63, 3.8) is 0 Å². The van der Waals surface area contributed by atoms with Gasteiger partial charge in [-0.3, -0.25) is 0 Å². The number of nitrogens with zero attached hydrogens (tertiary/aromatic N) is 2. The van der Waals surface area contributed by atoms with E-state index in [1.807, 2.05) is 11.3 Å². The Morgan fingerprint density at radius 3 is 2.56 bits per heavy atom. The van der Waals surface area contributed by atoms with Crippen LogP contribution in [0.4, 0.5) is 0 Å². The Bertz CT molecular complexity index is 921. The minimum Gasteiger partial charge on any atom is -0.0622 e. The van der Waals surface area contributed by atoms with Crippen LogP contribution in [0.25, 0.3) is 10.2 Å². The Kier molecular flexibility index (Phi) is 6.17. The van der Waals surface area contributed by atoms with Crippen LogP contribution in [0.2, 0.25) is 0 Å². The van der Waals surface area contributed by atoms with Crippen LogP contribution in [0.5, 0.6) is 5.75 Å². The second kappa shape index (κ2) is 8.44. The summed E-state index contributed by atoms with van der Waals surface area (Å²) < 4.78 is 6.84. The predicted octanol–water partition coefficient (Wildman–Crippen LogP) is 4.42. The summed E-state index contributed by atoms with van der Waals surface area (Å²) in [5.41, 5.74) is 2.52. The average molecular weight is 588 g/mol. The summed E-state index contributed by atoms with van der Waals surface area (Å²) in [6, 6.07) is 16.2. The van der Waals surface area contributed by atoms with Crippen molar-refractivity contribution >= 4 is 62.3 Å². The topological polar surface area (TPSA) is 25.4 Å². The van der Waals surface area contributed by atoms with E-state index in [-0.39, 0.29) is 0 Å². The van der Waals surface area contributed by atoms with E-state index in [4.69, 9.17) is 7.67 Å². The molecule has 2 heterocycles. The van der Waals surface area contributed by atoms with Crippen molar-refractivity contribution in [1.29, 1.82) is 0 Å². The third kappa shape index (κ3) is 4.24. The molecule has 3 aromatic rings. The molecule has 0 amide bonds. The first-order valence-corrected chi connectivity index (χ1v) is 12.6. The van der Waals surface area contributed by atoms with Gasteiger partial charge >= 0.3 is 155 Å². The van der Waals surface area contributed by atoms with Gasteiger partial charge in [0, 0.05) is 0 Å². The van der Waals surface area contributed by atoms with Crippen LogP contribution in [0.15, 0.2) is 42.5 Å². The molecule has 3 nitrogen and oxygen atoms in total. The summed E-state index contributed by atoms with van der Waals surface area (Å²) in [6.07, 6.45) is 2.35. The first-order valence-electron chi connectivity index (χ1n) is 9.41. The summed E-state index contributed by atoms with van der Waals surface area (Å²) >= 11 is 2.37. The van der Waals surface area contributed by atoms with Crippen molar-refractivity contribution in [1.82, 2.24) is 9.88 Å². The second-order valence-electron chi connectivity index (χ2n) is 7.55. The van der Waals surface area contributed by atoms with Crippen LogP contribution >= 0.6 is 20.6 Å². The van der Waals surface area contributed by atoms with Gasteiger partial charge in [0.25, 0.3) is 0 Å². The maximum atomic E-state index is 5.59. The fourth-order valence-corrected chi connectivity index (χ4v) is 6.40. The number of likely N-dealkylation sites (tertiary alicyclic amines) is 1. The summed E-state index contributed by atoms with van der Waals surface area (Å²) in [5.74, 6) is 1.53. The first kappa shape index (κ1) is 19.7. The zero-order valence-corrected chi connectivity index (χ0v) is 22.2. The number of rotatable bonds is 4. The molecule has 27 heavy (non-hydrogen) atoms. The molecule has 0 bridgehead atoms. The molecule has 1 aliphatic heterocycles. The van der Waals surface area contributed by atoms with Crippen LogP contribution in [-0.4, -0.2) is 48.2 Å². The van der Waals surface area contributed by atoms with Gasteiger partial charge < -0.3 is 0 Å². The molecule has 0 N–H and O–H groups in total. The Balaban J connectivity index is 1.54. The SMILES string of the molecule is CC1CC(c2nc3c(P)cc([O][Tl])cc3s2)CC(C)N1Cc1ccccc1. The Hall–Kier alpha value is -0.558. The monoisotopic (exact) mass is 588 g/mol. The molecule has 0 spiro atoms. The molecule has 3 unspecified atom stereocenters. The van der Waals surface area contributed by atoms with Crippen molar-refractivity contribution in [2.24, 2.45) is 0 Å². The smallest absolute Gasteiger partial charge is 0.0622 e. The minimum absolute atomic E-state index is 0.514. The fraction of sp³-hybridized carbons (Fsp3) is 0.381. The van der Waals surface area contributed by atoms with E-state index in [2.05, 4.69) is 70.5 Å². The zero-order valence-electron chi connectivity index (χ0n) is 15.8. The average Bonchev–Trinajstić information content (AvgIpc) is 3.10. The van der Waals surface area contributed by atoms with Crippen LogP contribution < -0.4 is 7.99 Å². The molecule has 1 fully saturated rings. The molecule has 0 aliphatic carbocycles. The molecule has 1 saturated heterocycles. The number of hydrogen-bond donors (Lipinski definition) is 0. The summed E-state index contributed by atoms with van der Waals surface area (Å²) in [7, 11) is 2.82. The molecule has 2 aromatic carbocycles. The van der Waals surface area contributed by atoms with Gasteiger partial charge in [-0.1, -0.05) is 30.3 Å². The van der Waals surface area contributed by atoms with Gasteiger partial charge in [-0.05, 0) is 0 Å². The molecular formula is C21H24N2OPSTl. The van der Waals surface area contributed by atoms with Crippen LogP contribution in [0.1, 0.15) is 43.2 Å². The van der Waals surface area contributed by atoms with Crippen molar-refractivity contribution in [2.75, 3.05) is 0 Å². The molecule has 138 valence electrons. The Morgan fingerprint density at radius 2 is 1.89 bits per heavy atom. The first-order chi connectivity index (χ1) is 13.0. The molecule has 0 radical (unpaired) electrons. The molecule has 1 aliphatic rings. The van der Waals surface area contributed by atoms with Gasteiger partial charge in [0.15, 0.2) is 0 Å². The molecule has 0 saturated carbocycles. The Labute approximate surface area is 184 Å². The quantitative estimate of drug-likeness (QED) is 0.334. The molecular weight excluding hydrogens is 564 g/mol. The van der Waals surface area contributed by atoms with Gasteiger partial charge in [0.05, 0.1) is 0 Å². The van der Waals surface area contributed by atoms with E-state index in [0.717, 1.165) is 23.1 Å². The molecule has 4 rings (SSSR count). The van der Waals surface area contributed by atoms with Crippen molar-refractivity contribution in [3.05, 3.63) is 53.0 Å². The number of piperidine rings is 1. The van der Waals surface area contributed by atoms with Crippen LogP contribution in [0, 0.1) is 0 Å². The van der Waals surface area contributed by atoms with Gasteiger partial charge in [0.2, 0.25) is 0 Å². The number of benzene rings is 2. The summed E-state index contributed by atoms with van der Waals surface area (Å²) in [5, 5.41) is 2.44. The van der Waals surface area contributed by atoms with Crippen LogP contribution in [-0.2, 0) is 6.54 Å². The van der Waals surface area contributed by atoms with E-state index in [1.54, 1.807) is 0 Å². The summed E-state index contributed by atoms with van der Waals surface area (Å²) in [4.78, 5) is 7.67. The van der Waals surface area contributed by atoms with Crippen molar-refractivity contribution in [3.8, 4) is 5.75 Å².